The predicted octanol–water partition coefficient (Wildman–Crippen LogP) is 3.72. The van der Waals surface area contributed by atoms with Gasteiger partial charge in [-0.1, -0.05) is 18.2 Å². The van der Waals surface area contributed by atoms with Gasteiger partial charge >= 0.3 is 6.18 Å². The van der Waals surface area contributed by atoms with Gasteiger partial charge in [-0.3, -0.25) is 14.6 Å². The lowest BCUT2D eigenvalue weighted by Crippen LogP contribution is -2.31. The Morgan fingerprint density at radius 2 is 1.93 bits per heavy atom. The maximum atomic E-state index is 13.3. The zero-order chi connectivity index (χ0) is 22.3. The number of nitrogens with zero attached hydrogens (tertiary/aromatic N) is 1. The van der Waals surface area contributed by atoms with Crippen molar-refractivity contribution in [2.75, 3.05) is 13.2 Å². The smallest absolute Gasteiger partial charge is 0.417 e. The second-order valence-electron chi connectivity index (χ2n) is 5.95. The molecule has 2 N–H and O–H groups in total. The minimum absolute atomic E-state index is 0.0705. The molecule has 2 amide bonds. The first-order valence-electron chi connectivity index (χ1n) is 8.43. The average molecular weight is 446 g/mol. The van der Waals surface area contributed by atoms with Crippen LogP contribution < -0.4 is 15.4 Å². The standard InChI is InChI=1S/C19H16ClF4N3O3/c1-11(27-18(29)16-5-2-12(9-26-16)19(22,23)24)6-7-25-17(28)10-30-13-3-4-14(20)15(21)8-13/h2-5,8-9H,1,6-7,10H2,(H,25,28)(H,27,29). The largest absolute Gasteiger partial charge is 0.484 e. The van der Waals surface area contributed by atoms with E-state index in [2.05, 4.69) is 22.2 Å². The van der Waals surface area contributed by atoms with E-state index in [1.54, 1.807) is 0 Å². The molecule has 2 rings (SSSR count). The lowest BCUT2D eigenvalue weighted by molar-refractivity contribution is -0.137. The molecule has 2 aromatic rings. The zero-order valence-corrected chi connectivity index (χ0v) is 16.1. The molecular formula is C19H16ClF4N3O3. The fourth-order valence-corrected chi connectivity index (χ4v) is 2.22. The van der Waals surface area contributed by atoms with Gasteiger partial charge in [-0.05, 0) is 24.3 Å². The van der Waals surface area contributed by atoms with Gasteiger partial charge in [-0.2, -0.15) is 13.2 Å². The molecule has 0 radical (unpaired) electrons. The van der Waals surface area contributed by atoms with Crippen LogP contribution in [0.3, 0.4) is 0 Å². The van der Waals surface area contributed by atoms with Crippen molar-refractivity contribution in [1.82, 2.24) is 15.6 Å². The van der Waals surface area contributed by atoms with E-state index in [1.807, 2.05) is 0 Å². The van der Waals surface area contributed by atoms with E-state index in [9.17, 15) is 27.2 Å². The number of amides is 2. The van der Waals surface area contributed by atoms with Crippen LogP contribution in [0.4, 0.5) is 17.6 Å². The monoisotopic (exact) mass is 445 g/mol. The van der Waals surface area contributed by atoms with Crippen LogP contribution in [-0.4, -0.2) is 29.9 Å². The maximum Gasteiger partial charge on any atom is 0.417 e. The number of rotatable bonds is 8. The fraction of sp³-hybridized carbons (Fsp3) is 0.211. The highest BCUT2D eigenvalue weighted by molar-refractivity contribution is 6.30. The highest BCUT2D eigenvalue weighted by Gasteiger charge is 2.30. The van der Waals surface area contributed by atoms with Gasteiger partial charge in [0.15, 0.2) is 6.61 Å². The Kier molecular flexibility index (Phi) is 7.76. The Bertz CT molecular complexity index is 934. The first-order valence-corrected chi connectivity index (χ1v) is 8.81. The van der Waals surface area contributed by atoms with Crippen molar-refractivity contribution >= 4 is 23.4 Å². The van der Waals surface area contributed by atoms with E-state index in [-0.39, 0.29) is 41.7 Å². The summed E-state index contributed by atoms with van der Waals surface area (Å²) >= 11 is 5.54. The molecule has 160 valence electrons. The summed E-state index contributed by atoms with van der Waals surface area (Å²) in [6.45, 7) is 3.35. The van der Waals surface area contributed by atoms with Crippen LogP contribution in [0.2, 0.25) is 5.02 Å². The van der Waals surface area contributed by atoms with Gasteiger partial charge in [0.25, 0.3) is 11.8 Å². The number of alkyl halides is 3. The normalized spacial score (nSPS) is 11.0. The van der Waals surface area contributed by atoms with Crippen molar-refractivity contribution < 1.29 is 31.9 Å². The van der Waals surface area contributed by atoms with Gasteiger partial charge in [0, 0.05) is 30.9 Å². The first kappa shape index (κ1) is 23.1. The third-order valence-electron chi connectivity index (χ3n) is 3.62. The van der Waals surface area contributed by atoms with Gasteiger partial charge in [0.2, 0.25) is 0 Å². The molecule has 0 unspecified atom stereocenters. The van der Waals surface area contributed by atoms with Gasteiger partial charge in [-0.15, -0.1) is 0 Å². The number of hydrogen-bond donors (Lipinski definition) is 2. The van der Waals surface area contributed by atoms with Crippen LogP contribution in [0.5, 0.6) is 5.75 Å². The number of aromatic nitrogens is 1. The topological polar surface area (TPSA) is 80.3 Å². The molecule has 1 heterocycles. The molecule has 0 aliphatic rings. The van der Waals surface area contributed by atoms with Gasteiger partial charge in [0.05, 0.1) is 10.6 Å². The van der Waals surface area contributed by atoms with Crippen molar-refractivity contribution in [2.45, 2.75) is 12.6 Å². The summed E-state index contributed by atoms with van der Waals surface area (Å²) in [5, 5.41) is 4.82. The van der Waals surface area contributed by atoms with E-state index in [0.29, 0.717) is 6.20 Å². The number of carbonyl (C=O) groups excluding carboxylic acids is 2. The van der Waals surface area contributed by atoms with Crippen molar-refractivity contribution in [3.05, 3.63) is 70.9 Å². The van der Waals surface area contributed by atoms with E-state index in [0.717, 1.165) is 18.2 Å². The second-order valence-corrected chi connectivity index (χ2v) is 6.36. The number of nitrogens with one attached hydrogen (secondary N) is 2. The third kappa shape index (κ3) is 7.03. The maximum absolute atomic E-state index is 13.3. The molecule has 0 aliphatic carbocycles. The molecule has 0 spiro atoms. The summed E-state index contributed by atoms with van der Waals surface area (Å²) in [4.78, 5) is 27.2. The van der Waals surface area contributed by atoms with Gasteiger partial charge in [0.1, 0.15) is 17.3 Å². The summed E-state index contributed by atoms with van der Waals surface area (Å²) in [5.74, 6) is -1.76. The minimum Gasteiger partial charge on any atom is -0.484 e. The molecule has 0 saturated carbocycles. The molecule has 0 atom stereocenters. The van der Waals surface area contributed by atoms with E-state index in [1.165, 1.54) is 12.1 Å². The molecule has 0 fully saturated rings. The SMILES string of the molecule is C=C(CCNC(=O)COc1ccc(Cl)c(F)c1)NC(=O)c1ccc(C(F)(F)F)cn1. The second kappa shape index (κ2) is 10.1. The molecule has 1 aromatic heterocycles. The highest BCUT2D eigenvalue weighted by atomic mass is 35.5. The Hall–Kier alpha value is -3.14. The van der Waals surface area contributed by atoms with Crippen LogP contribution in [0.15, 0.2) is 48.8 Å². The Morgan fingerprint density at radius 1 is 1.20 bits per heavy atom. The van der Waals surface area contributed by atoms with Crippen molar-refractivity contribution in [1.29, 1.82) is 0 Å². The fourth-order valence-electron chi connectivity index (χ4n) is 2.10. The molecule has 6 nitrogen and oxygen atoms in total. The summed E-state index contributed by atoms with van der Waals surface area (Å²) < 4.78 is 55.9. The molecule has 0 saturated heterocycles. The highest BCUT2D eigenvalue weighted by Crippen LogP contribution is 2.28. The van der Waals surface area contributed by atoms with E-state index in [4.69, 9.17) is 16.3 Å². The predicted molar refractivity (Wildman–Crippen MR) is 100 cm³/mol. The van der Waals surface area contributed by atoms with Crippen LogP contribution >= 0.6 is 11.6 Å². The number of pyridine rings is 1. The summed E-state index contributed by atoms with van der Waals surface area (Å²) in [6, 6.07) is 5.44. The van der Waals surface area contributed by atoms with Gasteiger partial charge < -0.3 is 15.4 Å². The summed E-state index contributed by atoms with van der Waals surface area (Å²) in [5.41, 5.74) is -0.955. The summed E-state index contributed by atoms with van der Waals surface area (Å²) in [6.07, 6.45) is -3.83. The van der Waals surface area contributed by atoms with Crippen LogP contribution in [0.25, 0.3) is 0 Å². The molecule has 0 aliphatic heterocycles. The number of benzene rings is 1. The lowest BCUT2D eigenvalue weighted by Gasteiger charge is -2.11. The first-order chi connectivity index (χ1) is 14.1. The molecule has 0 bridgehead atoms. The van der Waals surface area contributed by atoms with Crippen LogP contribution in [0, 0.1) is 5.82 Å². The Morgan fingerprint density at radius 3 is 2.53 bits per heavy atom. The minimum atomic E-state index is -4.55. The number of ether oxygens (including phenoxy) is 1. The third-order valence-corrected chi connectivity index (χ3v) is 3.93. The average Bonchev–Trinajstić information content (AvgIpc) is 2.68. The van der Waals surface area contributed by atoms with Crippen molar-refractivity contribution in [2.24, 2.45) is 0 Å². The molecule has 30 heavy (non-hydrogen) atoms. The number of hydrogen-bond acceptors (Lipinski definition) is 4. The number of halogens is 5. The molecular weight excluding hydrogens is 430 g/mol. The quantitative estimate of drug-likeness (QED) is 0.607. The van der Waals surface area contributed by atoms with Crippen molar-refractivity contribution in [3.8, 4) is 5.75 Å². The van der Waals surface area contributed by atoms with E-state index < -0.39 is 29.4 Å². The molecule has 11 heteroatoms. The van der Waals surface area contributed by atoms with Gasteiger partial charge in [-0.25, -0.2) is 4.39 Å². The lowest BCUT2D eigenvalue weighted by atomic mass is 10.2. The number of carbonyl (C=O) groups is 2. The van der Waals surface area contributed by atoms with E-state index >= 15 is 0 Å². The zero-order valence-electron chi connectivity index (χ0n) is 15.4. The Labute approximate surface area is 173 Å². The van der Waals surface area contributed by atoms with Crippen LogP contribution in [0.1, 0.15) is 22.5 Å². The summed E-state index contributed by atoms with van der Waals surface area (Å²) in [7, 11) is 0. The molecule has 1 aromatic carbocycles. The Balaban J connectivity index is 1.71. The van der Waals surface area contributed by atoms with Crippen LogP contribution in [-0.2, 0) is 11.0 Å². The van der Waals surface area contributed by atoms with Crippen molar-refractivity contribution in [3.63, 3.8) is 0 Å².